The summed E-state index contributed by atoms with van der Waals surface area (Å²) in [6, 6.07) is 6.20. The number of hydrogen-bond acceptors (Lipinski definition) is 2. The average molecular weight is 267 g/mol. The summed E-state index contributed by atoms with van der Waals surface area (Å²) in [5, 5.41) is 0. The van der Waals surface area contributed by atoms with Crippen molar-refractivity contribution in [2.75, 3.05) is 0 Å². The average Bonchev–Trinajstić information content (AvgIpc) is 2.37. The van der Waals surface area contributed by atoms with Crippen LogP contribution < -0.4 is 10.5 Å². The smallest absolute Gasteiger partial charge is 0.198 e. The maximum absolute atomic E-state index is 13.7. The molecule has 5 heteroatoms. The fraction of sp³-hybridized carbons (Fsp3) is 0.143. The van der Waals surface area contributed by atoms with Crippen LogP contribution in [0.5, 0.6) is 11.5 Å². The Hall–Kier alpha value is -2.01. The zero-order chi connectivity index (χ0) is 14.0. The first kappa shape index (κ1) is 13.4. The Morgan fingerprint density at radius 2 is 1.63 bits per heavy atom. The first-order valence-electron chi connectivity index (χ1n) is 5.63. The lowest BCUT2D eigenvalue weighted by molar-refractivity contribution is 0.386. The second kappa shape index (κ2) is 5.32. The molecule has 0 saturated carbocycles. The Morgan fingerprint density at radius 1 is 1.00 bits per heavy atom. The summed E-state index contributed by atoms with van der Waals surface area (Å²) < 4.78 is 45.8. The molecule has 0 aromatic heterocycles. The molecule has 0 saturated heterocycles. The maximum atomic E-state index is 13.7. The van der Waals surface area contributed by atoms with Crippen LogP contribution in [-0.4, -0.2) is 0 Å². The Bertz CT molecular complexity index is 591. The van der Waals surface area contributed by atoms with Gasteiger partial charge < -0.3 is 10.5 Å². The Labute approximate surface area is 108 Å². The van der Waals surface area contributed by atoms with E-state index < -0.39 is 23.2 Å². The summed E-state index contributed by atoms with van der Waals surface area (Å²) in [4.78, 5) is 0. The summed E-state index contributed by atoms with van der Waals surface area (Å²) >= 11 is 0. The molecule has 0 heterocycles. The monoisotopic (exact) mass is 267 g/mol. The summed E-state index contributed by atoms with van der Waals surface area (Å²) in [5.41, 5.74) is 6.32. The molecule has 0 unspecified atom stereocenters. The molecule has 0 radical (unpaired) electrons. The van der Waals surface area contributed by atoms with E-state index in [1.165, 1.54) is 18.2 Å². The van der Waals surface area contributed by atoms with E-state index in [0.717, 1.165) is 17.7 Å². The van der Waals surface area contributed by atoms with Crippen LogP contribution in [-0.2, 0) is 6.54 Å². The molecule has 0 aliphatic heterocycles. The Kier molecular flexibility index (Phi) is 3.76. The van der Waals surface area contributed by atoms with Crippen molar-refractivity contribution in [1.29, 1.82) is 0 Å². The van der Waals surface area contributed by atoms with Crippen LogP contribution in [0.2, 0.25) is 0 Å². The van der Waals surface area contributed by atoms with Gasteiger partial charge in [-0.3, -0.25) is 0 Å². The van der Waals surface area contributed by atoms with Gasteiger partial charge in [-0.15, -0.1) is 0 Å². The van der Waals surface area contributed by atoms with E-state index in [1.54, 1.807) is 6.92 Å². The highest BCUT2D eigenvalue weighted by Gasteiger charge is 2.15. The molecule has 0 bridgehead atoms. The Balaban J connectivity index is 2.41. The summed E-state index contributed by atoms with van der Waals surface area (Å²) in [6.07, 6.45) is 0. The van der Waals surface area contributed by atoms with E-state index >= 15 is 0 Å². The van der Waals surface area contributed by atoms with E-state index in [2.05, 4.69) is 0 Å². The first-order chi connectivity index (χ1) is 9.01. The van der Waals surface area contributed by atoms with Crippen molar-refractivity contribution < 1.29 is 17.9 Å². The second-order valence-electron chi connectivity index (χ2n) is 4.13. The van der Waals surface area contributed by atoms with Crippen molar-refractivity contribution in [3.63, 3.8) is 0 Å². The van der Waals surface area contributed by atoms with Crippen LogP contribution in [0, 0.1) is 24.4 Å². The quantitative estimate of drug-likeness (QED) is 0.921. The van der Waals surface area contributed by atoms with E-state index in [-0.39, 0.29) is 12.3 Å². The molecule has 0 spiro atoms. The topological polar surface area (TPSA) is 35.2 Å². The molecule has 0 aliphatic rings. The van der Waals surface area contributed by atoms with Crippen LogP contribution in [0.3, 0.4) is 0 Å². The molecular formula is C14H12F3NO. The number of nitrogens with two attached hydrogens (primary N) is 1. The number of benzene rings is 2. The van der Waals surface area contributed by atoms with Crippen molar-refractivity contribution >= 4 is 0 Å². The van der Waals surface area contributed by atoms with E-state index in [4.69, 9.17) is 10.5 Å². The molecule has 2 rings (SSSR count). The van der Waals surface area contributed by atoms with Gasteiger partial charge in [0.1, 0.15) is 0 Å². The van der Waals surface area contributed by atoms with Crippen LogP contribution in [0.15, 0.2) is 30.3 Å². The lowest BCUT2D eigenvalue weighted by atomic mass is 10.2. The first-order valence-corrected chi connectivity index (χ1v) is 5.63. The minimum Gasteiger partial charge on any atom is -0.448 e. The Morgan fingerprint density at radius 3 is 2.21 bits per heavy atom. The molecule has 100 valence electrons. The maximum Gasteiger partial charge on any atom is 0.198 e. The molecule has 0 aliphatic carbocycles. The lowest BCUT2D eigenvalue weighted by Gasteiger charge is -2.10. The third kappa shape index (κ3) is 2.88. The third-order valence-electron chi connectivity index (χ3n) is 2.59. The highest BCUT2D eigenvalue weighted by molar-refractivity contribution is 5.38. The standard InChI is InChI=1S/C14H12F3NO/c1-8-2-3-10(15)13(4-8)19-14-11(16)5-9(7-18)6-12(14)17/h2-6H,7,18H2,1H3. The molecule has 2 aromatic rings. The molecule has 2 aromatic carbocycles. The SMILES string of the molecule is Cc1ccc(F)c(Oc2c(F)cc(CN)cc2F)c1. The number of halogens is 3. The van der Waals surface area contributed by atoms with Crippen LogP contribution >= 0.6 is 0 Å². The number of rotatable bonds is 3. The summed E-state index contributed by atoms with van der Waals surface area (Å²) in [6.45, 7) is 1.73. The predicted molar refractivity (Wildman–Crippen MR) is 65.5 cm³/mol. The van der Waals surface area contributed by atoms with Gasteiger partial charge in [0.05, 0.1) is 0 Å². The predicted octanol–water partition coefficient (Wildman–Crippen LogP) is 3.66. The van der Waals surface area contributed by atoms with Gasteiger partial charge in [0.15, 0.2) is 29.0 Å². The lowest BCUT2D eigenvalue weighted by Crippen LogP contribution is -2.01. The fourth-order valence-corrected chi connectivity index (χ4v) is 1.63. The van der Waals surface area contributed by atoms with E-state index in [1.807, 2.05) is 0 Å². The van der Waals surface area contributed by atoms with Crippen molar-refractivity contribution in [1.82, 2.24) is 0 Å². The molecule has 0 fully saturated rings. The van der Waals surface area contributed by atoms with Gasteiger partial charge >= 0.3 is 0 Å². The zero-order valence-corrected chi connectivity index (χ0v) is 10.2. The highest BCUT2D eigenvalue weighted by atomic mass is 19.1. The normalized spacial score (nSPS) is 10.6. The molecule has 2 nitrogen and oxygen atoms in total. The summed E-state index contributed by atoms with van der Waals surface area (Å²) in [5.74, 6) is -3.38. The van der Waals surface area contributed by atoms with Gasteiger partial charge in [0.2, 0.25) is 0 Å². The number of hydrogen-bond donors (Lipinski definition) is 1. The largest absolute Gasteiger partial charge is 0.448 e. The van der Waals surface area contributed by atoms with Crippen molar-refractivity contribution in [2.24, 2.45) is 5.73 Å². The van der Waals surface area contributed by atoms with Crippen LogP contribution in [0.1, 0.15) is 11.1 Å². The van der Waals surface area contributed by atoms with Gasteiger partial charge in [-0.25, -0.2) is 13.2 Å². The van der Waals surface area contributed by atoms with E-state index in [0.29, 0.717) is 5.56 Å². The van der Waals surface area contributed by atoms with Crippen molar-refractivity contribution in [3.8, 4) is 11.5 Å². The highest BCUT2D eigenvalue weighted by Crippen LogP contribution is 2.30. The van der Waals surface area contributed by atoms with E-state index in [9.17, 15) is 13.2 Å². The van der Waals surface area contributed by atoms with Crippen molar-refractivity contribution in [3.05, 3.63) is 58.9 Å². The minimum absolute atomic E-state index is 0.00687. The van der Waals surface area contributed by atoms with Crippen LogP contribution in [0.25, 0.3) is 0 Å². The van der Waals surface area contributed by atoms with Crippen LogP contribution in [0.4, 0.5) is 13.2 Å². The molecule has 0 atom stereocenters. The van der Waals surface area contributed by atoms with Gasteiger partial charge in [0.25, 0.3) is 0 Å². The molecule has 0 amide bonds. The molecule has 2 N–H and O–H groups in total. The second-order valence-corrected chi connectivity index (χ2v) is 4.13. The zero-order valence-electron chi connectivity index (χ0n) is 10.2. The van der Waals surface area contributed by atoms with Gasteiger partial charge in [-0.05, 0) is 42.3 Å². The van der Waals surface area contributed by atoms with Gasteiger partial charge in [-0.1, -0.05) is 6.07 Å². The minimum atomic E-state index is -0.915. The summed E-state index contributed by atoms with van der Waals surface area (Å²) in [7, 11) is 0. The molecule has 19 heavy (non-hydrogen) atoms. The van der Waals surface area contributed by atoms with Gasteiger partial charge in [0, 0.05) is 6.54 Å². The number of ether oxygens (including phenoxy) is 1. The third-order valence-corrected chi connectivity index (χ3v) is 2.59. The fourth-order valence-electron chi connectivity index (χ4n) is 1.63. The molecular weight excluding hydrogens is 255 g/mol. The van der Waals surface area contributed by atoms with Gasteiger partial charge in [-0.2, -0.15) is 0 Å². The van der Waals surface area contributed by atoms with Crippen molar-refractivity contribution in [2.45, 2.75) is 13.5 Å². The number of aryl methyl sites for hydroxylation is 1.